The lowest BCUT2D eigenvalue weighted by atomic mass is 9.90. The third-order valence-corrected chi connectivity index (χ3v) is 6.15. The van der Waals surface area contributed by atoms with E-state index in [1.165, 1.54) is 0 Å². The zero-order valence-corrected chi connectivity index (χ0v) is 12.9. The van der Waals surface area contributed by atoms with Crippen LogP contribution in [-0.2, 0) is 14.8 Å². The van der Waals surface area contributed by atoms with Crippen LogP contribution in [0.2, 0.25) is 0 Å². The molecule has 1 aliphatic carbocycles. The number of thiophene rings is 1. The maximum absolute atomic E-state index is 12.2. The molecule has 0 bridgehead atoms. The summed E-state index contributed by atoms with van der Waals surface area (Å²) in [6.45, 7) is 2.47. The van der Waals surface area contributed by atoms with Crippen LogP contribution in [-0.4, -0.2) is 32.1 Å². The molecule has 1 saturated carbocycles. The molecule has 1 aromatic heterocycles. The topological polar surface area (TPSA) is 137 Å². The fourth-order valence-electron chi connectivity index (χ4n) is 2.04. The number of nitrogens with two attached hydrogens (primary N) is 1. The third kappa shape index (κ3) is 3.49. The maximum Gasteiger partial charge on any atom is 0.306 e. The van der Waals surface area contributed by atoms with Crippen molar-refractivity contribution in [3.63, 3.8) is 0 Å². The van der Waals surface area contributed by atoms with Crippen molar-refractivity contribution >= 4 is 32.0 Å². The Hall–Kier alpha value is -1.27. The molecule has 118 valence electrons. The number of nitrogens with one attached hydrogen (secondary N) is 2. The minimum absolute atomic E-state index is 0.00109. The average molecular weight is 336 g/mol. The number of sulfonamides is 1. The molecule has 0 aliphatic heterocycles. The van der Waals surface area contributed by atoms with Crippen LogP contribution >= 0.6 is 11.3 Å². The minimum atomic E-state index is -3.79. The van der Waals surface area contributed by atoms with Crippen LogP contribution in [0.15, 0.2) is 10.3 Å². The first-order valence-electron chi connectivity index (χ1n) is 6.26. The molecule has 0 aromatic carbocycles. The fraction of sp³-hybridized carbons (Fsp3) is 0.600. The number of anilines is 1. The summed E-state index contributed by atoms with van der Waals surface area (Å²) in [5, 5.41) is 10.8. The molecular formula is C10H16N4O5S2. The van der Waals surface area contributed by atoms with Crippen molar-refractivity contribution in [3.8, 4) is 0 Å². The SMILES string of the molecule is CCOC1CC(NS(=O)(=O)c2cc([N+](=O)[O-])c(NN)s2)C1. The Balaban J connectivity index is 2.08. The lowest BCUT2D eigenvalue weighted by Crippen LogP contribution is -2.47. The Morgan fingerprint density at radius 2 is 2.24 bits per heavy atom. The van der Waals surface area contributed by atoms with Crippen LogP contribution in [0.25, 0.3) is 0 Å². The van der Waals surface area contributed by atoms with Gasteiger partial charge in [-0.15, -0.1) is 0 Å². The van der Waals surface area contributed by atoms with Gasteiger partial charge in [0.05, 0.1) is 11.0 Å². The second kappa shape index (κ2) is 6.23. The summed E-state index contributed by atoms with van der Waals surface area (Å²) in [5.41, 5.74) is 1.78. The van der Waals surface area contributed by atoms with Gasteiger partial charge in [0.25, 0.3) is 10.0 Å². The molecule has 1 fully saturated rings. The zero-order chi connectivity index (χ0) is 15.6. The van der Waals surface area contributed by atoms with E-state index in [4.69, 9.17) is 10.6 Å². The molecule has 0 saturated heterocycles. The standard InChI is InChI=1S/C10H16N4O5S2/c1-2-19-7-3-6(4-7)13-21(17,18)9-5-8(14(15)16)10(12-11)20-9/h5-7,12-13H,2-4,11H2,1H3. The molecule has 11 heteroatoms. The van der Waals surface area contributed by atoms with E-state index in [2.05, 4.69) is 10.1 Å². The highest BCUT2D eigenvalue weighted by atomic mass is 32.2. The summed E-state index contributed by atoms with van der Waals surface area (Å²) >= 11 is 0.723. The molecule has 1 aliphatic rings. The molecule has 9 nitrogen and oxygen atoms in total. The number of hydrogen-bond donors (Lipinski definition) is 3. The molecule has 1 aromatic rings. The molecule has 0 radical (unpaired) electrons. The predicted molar refractivity (Wildman–Crippen MR) is 77.5 cm³/mol. The largest absolute Gasteiger partial charge is 0.378 e. The van der Waals surface area contributed by atoms with Gasteiger partial charge in [0.1, 0.15) is 4.21 Å². The van der Waals surface area contributed by atoms with E-state index >= 15 is 0 Å². The maximum atomic E-state index is 12.2. The van der Waals surface area contributed by atoms with Crippen molar-refractivity contribution in [3.05, 3.63) is 16.2 Å². The van der Waals surface area contributed by atoms with Crippen molar-refractivity contribution in [2.45, 2.75) is 36.1 Å². The summed E-state index contributed by atoms with van der Waals surface area (Å²) in [4.78, 5) is 10.1. The van der Waals surface area contributed by atoms with Crippen LogP contribution in [0.3, 0.4) is 0 Å². The second-order valence-corrected chi connectivity index (χ2v) is 7.54. The normalized spacial score (nSPS) is 21.8. The molecule has 2 rings (SSSR count). The van der Waals surface area contributed by atoms with Crippen molar-refractivity contribution in [2.24, 2.45) is 5.84 Å². The molecule has 21 heavy (non-hydrogen) atoms. The number of nitrogen functional groups attached to an aromatic ring is 1. The summed E-state index contributed by atoms with van der Waals surface area (Å²) in [7, 11) is -3.79. The van der Waals surface area contributed by atoms with Crippen LogP contribution in [0, 0.1) is 10.1 Å². The summed E-state index contributed by atoms with van der Waals surface area (Å²) in [5.74, 6) is 5.16. The number of nitro groups is 1. The Labute approximate surface area is 125 Å². The van der Waals surface area contributed by atoms with Crippen LogP contribution < -0.4 is 16.0 Å². The smallest absolute Gasteiger partial charge is 0.306 e. The molecular weight excluding hydrogens is 320 g/mol. The lowest BCUT2D eigenvalue weighted by molar-refractivity contribution is -0.383. The van der Waals surface area contributed by atoms with Crippen molar-refractivity contribution in [1.29, 1.82) is 0 Å². The number of nitrogens with zero attached hydrogens (tertiary/aromatic N) is 1. The molecule has 0 amide bonds. The Morgan fingerprint density at radius 1 is 1.57 bits per heavy atom. The average Bonchev–Trinajstić information content (AvgIpc) is 2.81. The van der Waals surface area contributed by atoms with E-state index < -0.39 is 14.9 Å². The first kappa shape index (κ1) is 16.1. The molecule has 0 atom stereocenters. The zero-order valence-electron chi connectivity index (χ0n) is 11.2. The van der Waals surface area contributed by atoms with Gasteiger partial charge in [-0.3, -0.25) is 10.1 Å². The van der Waals surface area contributed by atoms with Gasteiger partial charge < -0.3 is 10.2 Å². The number of rotatable bonds is 7. The summed E-state index contributed by atoms with van der Waals surface area (Å²) in [6.07, 6.45) is 1.27. The van der Waals surface area contributed by atoms with Gasteiger partial charge in [-0.2, -0.15) is 0 Å². The number of hydrogen-bond acceptors (Lipinski definition) is 8. The Morgan fingerprint density at radius 3 is 2.71 bits per heavy atom. The predicted octanol–water partition coefficient (Wildman–Crippen LogP) is 0.788. The van der Waals surface area contributed by atoms with Gasteiger partial charge in [-0.05, 0) is 19.8 Å². The Bertz CT molecular complexity index is 623. The van der Waals surface area contributed by atoms with Gasteiger partial charge in [-0.25, -0.2) is 19.0 Å². The van der Waals surface area contributed by atoms with Gasteiger partial charge in [0.15, 0.2) is 5.00 Å². The monoisotopic (exact) mass is 336 g/mol. The fourth-order valence-corrected chi connectivity index (χ4v) is 4.56. The number of hydrazine groups is 1. The van der Waals surface area contributed by atoms with Crippen molar-refractivity contribution in [2.75, 3.05) is 12.0 Å². The highest BCUT2D eigenvalue weighted by Gasteiger charge is 2.34. The third-order valence-electron chi connectivity index (χ3n) is 3.10. The molecule has 0 unspecified atom stereocenters. The van der Waals surface area contributed by atoms with Gasteiger partial charge in [0, 0.05) is 18.7 Å². The quantitative estimate of drug-likeness (QED) is 0.380. The van der Waals surface area contributed by atoms with Crippen molar-refractivity contribution in [1.82, 2.24) is 4.72 Å². The summed E-state index contributed by atoms with van der Waals surface area (Å²) in [6, 6.07) is 0.794. The molecule has 4 N–H and O–H groups in total. The van der Waals surface area contributed by atoms with Crippen LogP contribution in [0.1, 0.15) is 19.8 Å². The minimum Gasteiger partial charge on any atom is -0.378 e. The lowest BCUT2D eigenvalue weighted by Gasteiger charge is -2.34. The first-order chi connectivity index (χ1) is 9.87. The van der Waals surface area contributed by atoms with Gasteiger partial charge in [-0.1, -0.05) is 11.3 Å². The van der Waals surface area contributed by atoms with Crippen molar-refractivity contribution < 1.29 is 18.1 Å². The van der Waals surface area contributed by atoms with Gasteiger partial charge in [0.2, 0.25) is 0 Å². The van der Waals surface area contributed by atoms with E-state index in [9.17, 15) is 18.5 Å². The van der Waals surface area contributed by atoms with E-state index in [0.717, 1.165) is 17.4 Å². The van der Waals surface area contributed by atoms with E-state index in [1.807, 2.05) is 6.92 Å². The Kier molecular flexibility index (Phi) is 4.78. The number of ether oxygens (including phenoxy) is 1. The van der Waals surface area contributed by atoms with Crippen LogP contribution in [0.4, 0.5) is 10.7 Å². The summed E-state index contributed by atoms with van der Waals surface area (Å²) < 4.78 is 32.1. The highest BCUT2D eigenvalue weighted by Crippen LogP contribution is 2.37. The first-order valence-corrected chi connectivity index (χ1v) is 8.56. The molecule has 1 heterocycles. The van der Waals surface area contributed by atoms with E-state index in [-0.39, 0.29) is 27.0 Å². The van der Waals surface area contributed by atoms with Gasteiger partial charge >= 0.3 is 5.69 Å². The second-order valence-electron chi connectivity index (χ2n) is 4.55. The van der Waals surface area contributed by atoms with Crippen LogP contribution in [0.5, 0.6) is 0 Å². The highest BCUT2D eigenvalue weighted by molar-refractivity contribution is 7.91. The van der Waals surface area contributed by atoms with E-state index in [1.54, 1.807) is 0 Å². The molecule has 0 spiro atoms. The van der Waals surface area contributed by atoms with E-state index in [0.29, 0.717) is 19.4 Å².